The molecule has 2 aromatic carbocycles. The van der Waals surface area contributed by atoms with Crippen molar-refractivity contribution in [1.82, 2.24) is 10.6 Å². The molecule has 0 radical (unpaired) electrons. The van der Waals surface area contributed by atoms with Crippen LogP contribution in [-0.2, 0) is 14.3 Å². The Morgan fingerprint density at radius 2 is 1.65 bits per heavy atom. The molecule has 0 heterocycles. The van der Waals surface area contributed by atoms with Crippen molar-refractivity contribution in [2.45, 2.75) is 44.6 Å². The maximum absolute atomic E-state index is 12.4. The number of carboxylic acids is 1. The van der Waals surface area contributed by atoms with Crippen LogP contribution in [0.2, 0.25) is 0 Å². The smallest absolute Gasteiger partial charge is 0.407 e. The maximum Gasteiger partial charge on any atom is 0.407 e. The molecular weight excluding hydrogens is 396 g/mol. The van der Waals surface area contributed by atoms with Gasteiger partial charge in [-0.2, -0.15) is 0 Å². The molecule has 7 heteroatoms. The normalized spacial score (nSPS) is 13.1. The summed E-state index contributed by atoms with van der Waals surface area (Å²) in [4.78, 5) is 34.9. The molecule has 3 rings (SSSR count). The van der Waals surface area contributed by atoms with E-state index in [2.05, 4.69) is 34.9 Å². The highest BCUT2D eigenvalue weighted by molar-refractivity contribution is 5.79. The van der Waals surface area contributed by atoms with Gasteiger partial charge in [0, 0.05) is 31.3 Å². The van der Waals surface area contributed by atoms with E-state index in [9.17, 15) is 14.4 Å². The van der Waals surface area contributed by atoms with Crippen LogP contribution >= 0.6 is 0 Å². The highest BCUT2D eigenvalue weighted by atomic mass is 16.5. The lowest BCUT2D eigenvalue weighted by atomic mass is 9.98. The number of aliphatic carboxylic acids is 1. The Kier molecular flexibility index (Phi) is 7.65. The minimum atomic E-state index is -0.891. The van der Waals surface area contributed by atoms with Gasteiger partial charge in [0.25, 0.3) is 0 Å². The lowest BCUT2D eigenvalue weighted by molar-refractivity contribution is -0.137. The summed E-state index contributed by atoms with van der Waals surface area (Å²) in [7, 11) is 0. The first-order valence-corrected chi connectivity index (χ1v) is 10.6. The Morgan fingerprint density at radius 3 is 2.23 bits per heavy atom. The first-order valence-electron chi connectivity index (χ1n) is 10.6. The molecule has 0 fully saturated rings. The number of amides is 2. The van der Waals surface area contributed by atoms with Gasteiger partial charge in [0.2, 0.25) is 5.91 Å². The van der Waals surface area contributed by atoms with Crippen molar-refractivity contribution >= 4 is 18.0 Å². The average Bonchev–Trinajstić information content (AvgIpc) is 3.08. The Labute approximate surface area is 181 Å². The van der Waals surface area contributed by atoms with Crippen molar-refractivity contribution in [1.29, 1.82) is 0 Å². The van der Waals surface area contributed by atoms with E-state index in [-0.39, 0.29) is 37.3 Å². The number of hydrogen-bond acceptors (Lipinski definition) is 4. The van der Waals surface area contributed by atoms with Crippen LogP contribution in [0.3, 0.4) is 0 Å². The summed E-state index contributed by atoms with van der Waals surface area (Å²) in [6, 6.07) is 15.9. The zero-order valence-electron chi connectivity index (χ0n) is 17.6. The fraction of sp³-hybridized carbons (Fsp3) is 0.375. The number of benzene rings is 2. The van der Waals surface area contributed by atoms with E-state index in [1.807, 2.05) is 31.2 Å². The third-order valence-corrected chi connectivity index (χ3v) is 5.48. The third-order valence-electron chi connectivity index (χ3n) is 5.48. The molecule has 3 N–H and O–H groups in total. The number of carbonyl (C=O) groups excluding carboxylic acids is 2. The highest BCUT2D eigenvalue weighted by Crippen LogP contribution is 2.44. The molecule has 2 aromatic rings. The lowest BCUT2D eigenvalue weighted by Crippen LogP contribution is -2.39. The first kappa shape index (κ1) is 22.3. The largest absolute Gasteiger partial charge is 0.481 e. The van der Waals surface area contributed by atoms with Crippen molar-refractivity contribution in [3.8, 4) is 11.1 Å². The maximum atomic E-state index is 12.4. The zero-order valence-corrected chi connectivity index (χ0v) is 17.6. The summed E-state index contributed by atoms with van der Waals surface area (Å²) < 4.78 is 5.53. The van der Waals surface area contributed by atoms with Crippen LogP contribution in [0.25, 0.3) is 11.1 Å². The molecule has 2 amide bonds. The molecule has 0 saturated carbocycles. The van der Waals surface area contributed by atoms with Crippen molar-refractivity contribution in [2.75, 3.05) is 13.2 Å². The van der Waals surface area contributed by atoms with Gasteiger partial charge in [0.15, 0.2) is 0 Å². The first-order chi connectivity index (χ1) is 15.0. The molecule has 31 heavy (non-hydrogen) atoms. The minimum Gasteiger partial charge on any atom is -0.481 e. The average molecular weight is 424 g/mol. The number of carboxylic acid groups (broad SMARTS) is 1. The van der Waals surface area contributed by atoms with E-state index >= 15 is 0 Å². The Bertz CT molecular complexity index is 898. The quantitative estimate of drug-likeness (QED) is 0.505. The van der Waals surface area contributed by atoms with E-state index in [1.165, 1.54) is 0 Å². The minimum absolute atomic E-state index is 0.00941. The fourth-order valence-corrected chi connectivity index (χ4v) is 3.87. The summed E-state index contributed by atoms with van der Waals surface area (Å²) in [6.45, 7) is 2.40. The summed E-state index contributed by atoms with van der Waals surface area (Å²) in [5, 5.41) is 14.1. The second-order valence-electron chi connectivity index (χ2n) is 7.63. The van der Waals surface area contributed by atoms with Crippen molar-refractivity contribution in [3.05, 3.63) is 59.7 Å². The number of rotatable bonds is 10. The summed E-state index contributed by atoms with van der Waals surface area (Å²) in [6.07, 6.45) is 0.528. The topological polar surface area (TPSA) is 105 Å². The van der Waals surface area contributed by atoms with Gasteiger partial charge < -0.3 is 20.5 Å². The SMILES string of the molecule is CC[C@@H](CC(=O)NCCCC(=O)O)NC(=O)OCC1c2ccccc2-c2ccccc21. The second-order valence-corrected chi connectivity index (χ2v) is 7.63. The van der Waals surface area contributed by atoms with Gasteiger partial charge in [0.05, 0.1) is 0 Å². The van der Waals surface area contributed by atoms with Gasteiger partial charge >= 0.3 is 12.1 Å². The van der Waals surface area contributed by atoms with Crippen LogP contribution < -0.4 is 10.6 Å². The number of hydrogen-bond donors (Lipinski definition) is 3. The van der Waals surface area contributed by atoms with Crippen LogP contribution in [0.5, 0.6) is 0 Å². The predicted molar refractivity (Wildman–Crippen MR) is 117 cm³/mol. The van der Waals surface area contributed by atoms with Crippen molar-refractivity contribution in [3.63, 3.8) is 0 Å². The Balaban J connectivity index is 1.50. The standard InChI is InChI=1S/C24H28N2O5/c1-2-16(14-22(27)25-13-7-12-23(28)29)26-24(30)31-15-21-19-10-5-3-8-17(19)18-9-4-6-11-20(18)21/h3-6,8-11,16,21H,2,7,12-15H2,1H3,(H,25,27)(H,26,30)(H,28,29)/t16-/m0/s1. The molecule has 1 aliphatic carbocycles. The van der Waals surface area contributed by atoms with Crippen LogP contribution in [-0.4, -0.2) is 42.3 Å². The molecule has 0 aromatic heterocycles. The van der Waals surface area contributed by atoms with Gasteiger partial charge in [-0.3, -0.25) is 9.59 Å². The summed E-state index contributed by atoms with van der Waals surface area (Å²) >= 11 is 0. The Morgan fingerprint density at radius 1 is 1.03 bits per heavy atom. The molecule has 0 bridgehead atoms. The second kappa shape index (κ2) is 10.6. The van der Waals surface area contributed by atoms with Gasteiger partial charge in [-0.1, -0.05) is 55.5 Å². The van der Waals surface area contributed by atoms with Crippen LogP contribution in [0.15, 0.2) is 48.5 Å². The third kappa shape index (κ3) is 5.84. The van der Waals surface area contributed by atoms with Crippen molar-refractivity contribution in [2.24, 2.45) is 0 Å². The molecule has 0 unspecified atom stereocenters. The van der Waals surface area contributed by atoms with E-state index < -0.39 is 12.1 Å². The summed E-state index contributed by atoms with van der Waals surface area (Å²) in [5.74, 6) is -1.13. The molecule has 7 nitrogen and oxygen atoms in total. The molecule has 1 atom stereocenters. The predicted octanol–water partition coefficient (Wildman–Crippen LogP) is 3.67. The molecule has 0 saturated heterocycles. The number of carbonyl (C=O) groups is 3. The molecule has 164 valence electrons. The number of nitrogens with one attached hydrogen (secondary N) is 2. The number of fused-ring (bicyclic) bond motifs is 3. The van der Waals surface area contributed by atoms with Gasteiger partial charge in [-0.15, -0.1) is 0 Å². The van der Waals surface area contributed by atoms with Gasteiger partial charge in [0.1, 0.15) is 6.61 Å². The van der Waals surface area contributed by atoms with E-state index in [0.717, 1.165) is 22.3 Å². The number of ether oxygens (including phenoxy) is 1. The summed E-state index contributed by atoms with van der Waals surface area (Å²) in [5.41, 5.74) is 4.62. The molecule has 0 aliphatic heterocycles. The van der Waals surface area contributed by atoms with Gasteiger partial charge in [-0.05, 0) is 35.1 Å². The number of alkyl carbamates (subject to hydrolysis) is 1. The van der Waals surface area contributed by atoms with Crippen LogP contribution in [0.1, 0.15) is 49.7 Å². The zero-order chi connectivity index (χ0) is 22.2. The molecule has 1 aliphatic rings. The molecule has 0 spiro atoms. The van der Waals surface area contributed by atoms with Crippen LogP contribution in [0.4, 0.5) is 4.79 Å². The highest BCUT2D eigenvalue weighted by Gasteiger charge is 2.29. The van der Waals surface area contributed by atoms with E-state index in [4.69, 9.17) is 9.84 Å². The lowest BCUT2D eigenvalue weighted by Gasteiger charge is -2.18. The van der Waals surface area contributed by atoms with Crippen molar-refractivity contribution < 1.29 is 24.2 Å². The molecular formula is C24H28N2O5. The monoisotopic (exact) mass is 424 g/mol. The van der Waals surface area contributed by atoms with Gasteiger partial charge in [-0.25, -0.2) is 4.79 Å². The van der Waals surface area contributed by atoms with Crippen LogP contribution in [0, 0.1) is 0 Å². The Hall–Kier alpha value is -3.35. The fourth-order valence-electron chi connectivity index (χ4n) is 3.87. The van der Waals surface area contributed by atoms with E-state index in [0.29, 0.717) is 19.4 Å². The van der Waals surface area contributed by atoms with E-state index in [1.54, 1.807) is 0 Å².